The monoisotopic (exact) mass is 293 g/mol. The summed E-state index contributed by atoms with van der Waals surface area (Å²) in [6, 6.07) is 0. The van der Waals surface area contributed by atoms with Gasteiger partial charge in [-0.3, -0.25) is 0 Å². The molecule has 0 unspecified atom stereocenters. The smallest absolute Gasteiger partial charge is 0.341 e. The Balaban J connectivity index is 2.47. The summed E-state index contributed by atoms with van der Waals surface area (Å²) in [5.74, 6) is -0.539. The lowest BCUT2D eigenvalue weighted by atomic mass is 9.92. The van der Waals surface area contributed by atoms with Gasteiger partial charge in [-0.15, -0.1) is 0 Å². The quantitative estimate of drug-likeness (QED) is 0.828. The summed E-state index contributed by atoms with van der Waals surface area (Å²) in [4.78, 5) is 19.9. The van der Waals surface area contributed by atoms with Gasteiger partial charge in [0.1, 0.15) is 17.0 Å². The van der Waals surface area contributed by atoms with Gasteiger partial charge < -0.3 is 15.6 Å². The average Bonchev–Trinajstić information content (AvgIpc) is 2.64. The molecular formula is C15H23N3O3. The molecule has 0 aliphatic heterocycles. The Labute approximate surface area is 124 Å². The molecule has 0 atom stereocenters. The van der Waals surface area contributed by atoms with Crippen molar-refractivity contribution >= 4 is 11.8 Å². The van der Waals surface area contributed by atoms with E-state index >= 15 is 0 Å². The van der Waals surface area contributed by atoms with Crippen molar-refractivity contribution in [1.82, 2.24) is 9.97 Å². The van der Waals surface area contributed by atoms with Gasteiger partial charge in [0, 0.05) is 6.61 Å². The van der Waals surface area contributed by atoms with E-state index in [1.165, 1.54) is 12.8 Å². The topological polar surface area (TPSA) is 98.3 Å². The van der Waals surface area contributed by atoms with E-state index in [9.17, 15) is 4.79 Å². The van der Waals surface area contributed by atoms with Gasteiger partial charge in [0.2, 0.25) is 0 Å². The van der Waals surface area contributed by atoms with Crippen molar-refractivity contribution in [2.45, 2.75) is 58.0 Å². The number of nitrogen functional groups attached to an aromatic ring is 1. The summed E-state index contributed by atoms with van der Waals surface area (Å²) < 4.78 is 6.02. The second-order valence-electron chi connectivity index (χ2n) is 5.54. The molecule has 0 amide bonds. The maximum atomic E-state index is 11.2. The fourth-order valence-electron chi connectivity index (χ4n) is 3.07. The molecule has 21 heavy (non-hydrogen) atoms. The second-order valence-corrected chi connectivity index (χ2v) is 5.54. The largest absolute Gasteiger partial charge is 0.477 e. The third-order valence-corrected chi connectivity index (χ3v) is 4.07. The van der Waals surface area contributed by atoms with Gasteiger partial charge in [-0.05, 0) is 26.7 Å². The molecule has 1 aromatic rings. The Hall–Kier alpha value is -1.69. The van der Waals surface area contributed by atoms with Crippen LogP contribution in [0.1, 0.15) is 67.3 Å². The fraction of sp³-hybridized carbons (Fsp3) is 0.667. The van der Waals surface area contributed by atoms with E-state index in [4.69, 9.17) is 15.6 Å². The SMILES string of the molecule is CCOC1(c2nc(C)c(C(=O)O)c(N)n2)CCCCCC1. The summed E-state index contributed by atoms with van der Waals surface area (Å²) >= 11 is 0. The first kappa shape index (κ1) is 15.7. The average molecular weight is 293 g/mol. The molecule has 116 valence electrons. The number of aromatic nitrogens is 2. The minimum Gasteiger partial charge on any atom is -0.477 e. The van der Waals surface area contributed by atoms with Crippen LogP contribution in [0.4, 0.5) is 5.82 Å². The van der Waals surface area contributed by atoms with Crippen molar-refractivity contribution in [2.75, 3.05) is 12.3 Å². The van der Waals surface area contributed by atoms with E-state index in [-0.39, 0.29) is 11.4 Å². The molecule has 1 aliphatic carbocycles. The highest BCUT2D eigenvalue weighted by Gasteiger charge is 2.37. The number of carboxylic acids is 1. The highest BCUT2D eigenvalue weighted by Crippen LogP contribution is 2.38. The van der Waals surface area contributed by atoms with Gasteiger partial charge in [-0.25, -0.2) is 14.8 Å². The predicted octanol–water partition coefficient (Wildman–Crippen LogP) is 2.65. The summed E-state index contributed by atoms with van der Waals surface area (Å²) in [6.07, 6.45) is 6.18. The van der Waals surface area contributed by atoms with Gasteiger partial charge in [0.25, 0.3) is 0 Å². The van der Waals surface area contributed by atoms with Crippen LogP contribution >= 0.6 is 0 Å². The van der Waals surface area contributed by atoms with E-state index in [1.54, 1.807) is 6.92 Å². The lowest BCUT2D eigenvalue weighted by Gasteiger charge is -2.31. The van der Waals surface area contributed by atoms with Gasteiger partial charge in [0.15, 0.2) is 5.82 Å². The molecule has 1 heterocycles. The van der Waals surface area contributed by atoms with E-state index in [2.05, 4.69) is 9.97 Å². The highest BCUT2D eigenvalue weighted by molar-refractivity contribution is 5.93. The third-order valence-electron chi connectivity index (χ3n) is 4.07. The number of anilines is 1. The minimum atomic E-state index is -1.09. The molecule has 1 aliphatic rings. The van der Waals surface area contributed by atoms with Crippen molar-refractivity contribution in [1.29, 1.82) is 0 Å². The normalized spacial score (nSPS) is 18.2. The molecule has 0 spiro atoms. The number of nitrogens with two attached hydrogens (primary N) is 1. The van der Waals surface area contributed by atoms with Crippen LogP contribution in [-0.4, -0.2) is 27.7 Å². The van der Waals surface area contributed by atoms with Crippen LogP contribution in [0.3, 0.4) is 0 Å². The number of hydrogen-bond acceptors (Lipinski definition) is 5. The second kappa shape index (κ2) is 6.39. The van der Waals surface area contributed by atoms with Crippen molar-refractivity contribution < 1.29 is 14.6 Å². The number of nitrogens with zero attached hydrogens (tertiary/aromatic N) is 2. The lowest BCUT2D eigenvalue weighted by Crippen LogP contribution is -2.33. The first-order valence-electron chi connectivity index (χ1n) is 7.52. The molecule has 6 heteroatoms. The minimum absolute atomic E-state index is 0.0148. The summed E-state index contributed by atoms with van der Waals surface area (Å²) in [6.45, 7) is 4.18. The number of carboxylic acid groups (broad SMARTS) is 1. The van der Waals surface area contributed by atoms with Gasteiger partial charge >= 0.3 is 5.97 Å². The number of aromatic carboxylic acids is 1. The number of aryl methyl sites for hydroxylation is 1. The highest BCUT2D eigenvalue weighted by atomic mass is 16.5. The zero-order valence-electron chi connectivity index (χ0n) is 12.7. The Morgan fingerprint density at radius 1 is 1.29 bits per heavy atom. The Morgan fingerprint density at radius 3 is 2.38 bits per heavy atom. The molecule has 6 nitrogen and oxygen atoms in total. The van der Waals surface area contributed by atoms with Gasteiger partial charge in [-0.2, -0.15) is 0 Å². The van der Waals surface area contributed by atoms with Crippen LogP contribution in [0.5, 0.6) is 0 Å². The Bertz CT molecular complexity index is 500. The van der Waals surface area contributed by atoms with E-state index in [0.717, 1.165) is 25.7 Å². The van der Waals surface area contributed by atoms with Crippen molar-refractivity contribution in [3.05, 3.63) is 17.1 Å². The van der Waals surface area contributed by atoms with Crippen molar-refractivity contribution in [3.8, 4) is 0 Å². The predicted molar refractivity (Wildman–Crippen MR) is 79.1 cm³/mol. The molecular weight excluding hydrogens is 270 g/mol. The molecule has 0 aromatic carbocycles. The van der Waals surface area contributed by atoms with Crippen molar-refractivity contribution in [3.63, 3.8) is 0 Å². The van der Waals surface area contributed by atoms with Crippen LogP contribution in [0.25, 0.3) is 0 Å². The molecule has 1 aromatic heterocycles. The standard InChI is InChI=1S/C15H23N3O3/c1-3-21-15(8-6-4-5-7-9-15)14-17-10(2)11(13(19)20)12(16)18-14/h3-9H2,1-2H3,(H,19,20)(H2,16,17,18). The molecule has 0 bridgehead atoms. The lowest BCUT2D eigenvalue weighted by molar-refractivity contribution is -0.0624. The first-order valence-corrected chi connectivity index (χ1v) is 7.52. The number of ether oxygens (including phenoxy) is 1. The molecule has 3 N–H and O–H groups in total. The maximum absolute atomic E-state index is 11.2. The molecule has 2 rings (SSSR count). The van der Waals surface area contributed by atoms with Gasteiger partial charge in [0.05, 0.1) is 5.69 Å². The Morgan fingerprint density at radius 2 is 1.90 bits per heavy atom. The molecule has 0 saturated heterocycles. The maximum Gasteiger partial charge on any atom is 0.341 e. The third kappa shape index (κ3) is 3.15. The molecule has 0 radical (unpaired) electrons. The molecule has 1 fully saturated rings. The summed E-state index contributed by atoms with van der Waals surface area (Å²) in [7, 11) is 0. The van der Waals surface area contributed by atoms with E-state index in [1.807, 2.05) is 6.92 Å². The van der Waals surface area contributed by atoms with Crippen LogP contribution in [0.2, 0.25) is 0 Å². The van der Waals surface area contributed by atoms with Crippen LogP contribution < -0.4 is 5.73 Å². The van der Waals surface area contributed by atoms with Crippen LogP contribution in [0.15, 0.2) is 0 Å². The van der Waals surface area contributed by atoms with Crippen LogP contribution in [-0.2, 0) is 10.3 Å². The molecule has 1 saturated carbocycles. The zero-order valence-corrected chi connectivity index (χ0v) is 12.7. The van der Waals surface area contributed by atoms with Crippen LogP contribution in [0, 0.1) is 6.92 Å². The number of hydrogen-bond donors (Lipinski definition) is 2. The summed E-state index contributed by atoms with van der Waals surface area (Å²) in [5, 5.41) is 9.17. The summed E-state index contributed by atoms with van der Waals surface area (Å²) in [5.41, 5.74) is 5.69. The number of carbonyl (C=O) groups is 1. The zero-order chi connectivity index (χ0) is 15.5. The van der Waals surface area contributed by atoms with Gasteiger partial charge in [-0.1, -0.05) is 25.7 Å². The Kier molecular flexibility index (Phi) is 4.77. The van der Waals surface area contributed by atoms with E-state index < -0.39 is 11.6 Å². The first-order chi connectivity index (χ1) is 10.00. The number of rotatable bonds is 4. The fourth-order valence-corrected chi connectivity index (χ4v) is 3.07. The van der Waals surface area contributed by atoms with E-state index in [0.29, 0.717) is 18.1 Å². The van der Waals surface area contributed by atoms with Crippen molar-refractivity contribution in [2.24, 2.45) is 0 Å².